The number of hydrogen-bond donors (Lipinski definition) is 0. The zero-order chi connectivity index (χ0) is 18.1. The summed E-state index contributed by atoms with van der Waals surface area (Å²) >= 11 is 5.94. The fourth-order valence-electron chi connectivity index (χ4n) is 4.15. The number of allylic oxidation sites excluding steroid dienone is 2. The number of imide groups is 1. The summed E-state index contributed by atoms with van der Waals surface area (Å²) in [6, 6.07) is 7.97. The van der Waals surface area contributed by atoms with E-state index in [0.29, 0.717) is 19.5 Å². The molecule has 2 amide bonds. The van der Waals surface area contributed by atoms with Gasteiger partial charge in [0.15, 0.2) is 0 Å². The average Bonchev–Trinajstić information content (AvgIpc) is 2.90. The van der Waals surface area contributed by atoms with Crippen LogP contribution in [0.3, 0.4) is 0 Å². The minimum atomic E-state index is -0.126. The second kappa shape index (κ2) is 7.51. The van der Waals surface area contributed by atoms with E-state index in [9.17, 15) is 9.59 Å². The van der Waals surface area contributed by atoms with Crippen LogP contribution in [-0.4, -0.2) is 59.4 Å². The molecule has 5 nitrogen and oxygen atoms in total. The van der Waals surface area contributed by atoms with Gasteiger partial charge in [0.2, 0.25) is 11.8 Å². The lowest BCUT2D eigenvalue weighted by Crippen LogP contribution is -2.51. The molecule has 0 radical (unpaired) electrons. The Morgan fingerprint density at radius 1 is 0.846 bits per heavy atom. The largest absolute Gasteiger partial charge is 0.297 e. The lowest BCUT2D eigenvalue weighted by atomic mass is 9.85. The SMILES string of the molecule is O=C1[C@H]2CC=CC[C@@H]2C(=O)N1CN1CCN(Cc2ccc(Cl)cc2)CC1. The van der Waals surface area contributed by atoms with Crippen molar-refractivity contribution in [2.75, 3.05) is 32.8 Å². The number of amides is 2. The highest BCUT2D eigenvalue weighted by atomic mass is 35.5. The molecule has 1 aliphatic carbocycles. The van der Waals surface area contributed by atoms with Crippen molar-refractivity contribution in [3.8, 4) is 0 Å². The van der Waals surface area contributed by atoms with Crippen LogP contribution in [0.2, 0.25) is 5.02 Å². The van der Waals surface area contributed by atoms with E-state index >= 15 is 0 Å². The van der Waals surface area contributed by atoms with Crippen molar-refractivity contribution in [2.45, 2.75) is 19.4 Å². The first-order valence-electron chi connectivity index (χ1n) is 9.31. The number of nitrogens with zero attached hydrogens (tertiary/aromatic N) is 3. The second-order valence-electron chi connectivity index (χ2n) is 7.42. The highest BCUT2D eigenvalue weighted by Gasteiger charge is 2.47. The third kappa shape index (κ3) is 3.56. The van der Waals surface area contributed by atoms with Gasteiger partial charge in [0.05, 0.1) is 18.5 Å². The van der Waals surface area contributed by atoms with Gasteiger partial charge in [0, 0.05) is 37.7 Å². The van der Waals surface area contributed by atoms with Crippen molar-refractivity contribution in [2.24, 2.45) is 11.8 Å². The number of benzene rings is 1. The molecule has 0 N–H and O–H groups in total. The second-order valence-corrected chi connectivity index (χ2v) is 7.86. The standard InChI is InChI=1S/C20H24ClN3O2/c21-16-7-5-15(6-8-16)13-22-9-11-23(12-10-22)14-24-19(25)17-3-1-2-4-18(17)20(24)26/h1-2,5-8,17-18H,3-4,9-14H2/t17-,18-/m0/s1. The van der Waals surface area contributed by atoms with Crippen LogP contribution in [0.1, 0.15) is 18.4 Å². The van der Waals surface area contributed by atoms with Gasteiger partial charge in [-0.15, -0.1) is 0 Å². The molecule has 0 unspecified atom stereocenters. The predicted octanol–water partition coefficient (Wildman–Crippen LogP) is 2.37. The summed E-state index contributed by atoms with van der Waals surface area (Å²) in [5, 5.41) is 0.759. The Hall–Kier alpha value is -1.69. The van der Waals surface area contributed by atoms with Crippen LogP contribution in [0.25, 0.3) is 0 Å². The number of carbonyl (C=O) groups is 2. The van der Waals surface area contributed by atoms with Crippen LogP contribution in [0.5, 0.6) is 0 Å². The molecule has 1 aromatic carbocycles. The first-order chi connectivity index (χ1) is 12.6. The highest BCUT2D eigenvalue weighted by Crippen LogP contribution is 2.35. The molecule has 138 valence electrons. The zero-order valence-corrected chi connectivity index (χ0v) is 15.6. The molecule has 0 saturated carbocycles. The van der Waals surface area contributed by atoms with Crippen LogP contribution in [0, 0.1) is 11.8 Å². The maximum Gasteiger partial charge on any atom is 0.234 e. The average molecular weight is 374 g/mol. The molecule has 4 rings (SSSR count). The Morgan fingerprint density at radius 2 is 1.38 bits per heavy atom. The summed E-state index contributed by atoms with van der Waals surface area (Å²) in [7, 11) is 0. The quantitative estimate of drug-likeness (QED) is 0.600. The molecule has 0 aromatic heterocycles. The van der Waals surface area contributed by atoms with E-state index in [1.54, 1.807) is 0 Å². The third-order valence-electron chi connectivity index (χ3n) is 5.72. The van der Waals surface area contributed by atoms with E-state index < -0.39 is 0 Å². The normalized spacial score (nSPS) is 27.2. The van der Waals surface area contributed by atoms with Gasteiger partial charge in [-0.05, 0) is 30.5 Å². The van der Waals surface area contributed by atoms with E-state index in [2.05, 4.69) is 21.9 Å². The Balaban J connectivity index is 1.29. The number of likely N-dealkylation sites (tertiary alicyclic amines) is 1. The fraction of sp³-hybridized carbons (Fsp3) is 0.500. The summed E-state index contributed by atoms with van der Waals surface area (Å²) in [6.45, 7) is 4.97. The van der Waals surface area contributed by atoms with Crippen molar-refractivity contribution >= 4 is 23.4 Å². The van der Waals surface area contributed by atoms with Gasteiger partial charge < -0.3 is 0 Å². The monoisotopic (exact) mass is 373 g/mol. The number of halogens is 1. The minimum absolute atomic E-state index is 0.0212. The number of fused-ring (bicyclic) bond motifs is 1. The Labute approximate surface area is 159 Å². The maximum absolute atomic E-state index is 12.6. The van der Waals surface area contributed by atoms with Gasteiger partial charge in [0.25, 0.3) is 0 Å². The third-order valence-corrected chi connectivity index (χ3v) is 5.98. The van der Waals surface area contributed by atoms with Crippen LogP contribution in [-0.2, 0) is 16.1 Å². The van der Waals surface area contributed by atoms with Crippen molar-refractivity contribution in [1.82, 2.24) is 14.7 Å². The molecule has 3 aliphatic rings. The molecule has 6 heteroatoms. The molecular weight excluding hydrogens is 350 g/mol. The molecule has 26 heavy (non-hydrogen) atoms. The summed E-state index contributed by atoms with van der Waals surface area (Å²) in [6.07, 6.45) is 5.48. The smallest absolute Gasteiger partial charge is 0.234 e. The molecule has 0 spiro atoms. The molecule has 0 bridgehead atoms. The first-order valence-corrected chi connectivity index (χ1v) is 9.69. The lowest BCUT2D eigenvalue weighted by molar-refractivity contribution is -0.142. The van der Waals surface area contributed by atoms with Gasteiger partial charge in [-0.2, -0.15) is 0 Å². The molecule has 2 heterocycles. The predicted molar refractivity (Wildman–Crippen MR) is 100 cm³/mol. The fourth-order valence-corrected chi connectivity index (χ4v) is 4.27. The number of hydrogen-bond acceptors (Lipinski definition) is 4. The van der Waals surface area contributed by atoms with Crippen molar-refractivity contribution in [1.29, 1.82) is 0 Å². The Morgan fingerprint density at radius 3 is 1.96 bits per heavy atom. The van der Waals surface area contributed by atoms with Crippen LogP contribution in [0.4, 0.5) is 0 Å². The highest BCUT2D eigenvalue weighted by molar-refractivity contribution is 6.30. The van der Waals surface area contributed by atoms with Gasteiger partial charge in [-0.25, -0.2) is 0 Å². The summed E-state index contributed by atoms with van der Waals surface area (Å²) < 4.78 is 0. The van der Waals surface area contributed by atoms with Gasteiger partial charge in [0.1, 0.15) is 0 Å². The Bertz CT molecular complexity index is 684. The number of rotatable bonds is 4. The lowest BCUT2D eigenvalue weighted by Gasteiger charge is -2.36. The van der Waals surface area contributed by atoms with Gasteiger partial charge in [-0.3, -0.25) is 24.3 Å². The molecule has 2 saturated heterocycles. The molecule has 1 aromatic rings. The Kier molecular flexibility index (Phi) is 5.11. The number of piperazine rings is 1. The van der Waals surface area contributed by atoms with E-state index in [0.717, 1.165) is 37.7 Å². The molecular formula is C20H24ClN3O2. The van der Waals surface area contributed by atoms with Gasteiger partial charge >= 0.3 is 0 Å². The van der Waals surface area contributed by atoms with Crippen LogP contribution >= 0.6 is 11.6 Å². The van der Waals surface area contributed by atoms with E-state index in [-0.39, 0.29) is 23.7 Å². The number of carbonyl (C=O) groups excluding carboxylic acids is 2. The molecule has 2 aliphatic heterocycles. The summed E-state index contributed by atoms with van der Waals surface area (Å²) in [4.78, 5) is 31.3. The minimum Gasteiger partial charge on any atom is -0.297 e. The molecule has 2 fully saturated rings. The summed E-state index contributed by atoms with van der Waals surface area (Å²) in [5.74, 6) is -0.210. The van der Waals surface area contributed by atoms with Crippen LogP contribution < -0.4 is 0 Å². The summed E-state index contributed by atoms with van der Waals surface area (Å²) in [5.41, 5.74) is 1.25. The van der Waals surface area contributed by atoms with E-state index in [1.807, 2.05) is 24.3 Å². The van der Waals surface area contributed by atoms with Crippen molar-refractivity contribution in [3.63, 3.8) is 0 Å². The van der Waals surface area contributed by atoms with Crippen LogP contribution in [0.15, 0.2) is 36.4 Å². The first kappa shape index (κ1) is 17.7. The zero-order valence-electron chi connectivity index (χ0n) is 14.8. The van der Waals surface area contributed by atoms with E-state index in [4.69, 9.17) is 11.6 Å². The van der Waals surface area contributed by atoms with Crippen molar-refractivity contribution < 1.29 is 9.59 Å². The van der Waals surface area contributed by atoms with E-state index in [1.165, 1.54) is 10.5 Å². The topological polar surface area (TPSA) is 43.9 Å². The van der Waals surface area contributed by atoms with Gasteiger partial charge in [-0.1, -0.05) is 35.9 Å². The van der Waals surface area contributed by atoms with Crippen molar-refractivity contribution in [3.05, 3.63) is 47.0 Å². The molecule has 2 atom stereocenters. The maximum atomic E-state index is 12.6.